The molecule has 0 saturated heterocycles. The third-order valence-corrected chi connectivity index (χ3v) is 5.51. The van der Waals surface area contributed by atoms with E-state index in [0.29, 0.717) is 32.5 Å². The molecule has 0 unspecified atom stereocenters. The molecule has 4 rings (SSSR count). The van der Waals surface area contributed by atoms with Gasteiger partial charge in [0.15, 0.2) is 0 Å². The fourth-order valence-electron chi connectivity index (χ4n) is 3.80. The van der Waals surface area contributed by atoms with E-state index in [2.05, 4.69) is 5.10 Å². The Morgan fingerprint density at radius 2 is 1.87 bits per heavy atom. The summed E-state index contributed by atoms with van der Waals surface area (Å²) in [4.78, 5) is 25.4. The zero-order valence-electron chi connectivity index (χ0n) is 17.5. The number of methoxy groups -OCH3 is 1. The third-order valence-electron chi connectivity index (χ3n) is 5.51. The van der Waals surface area contributed by atoms with E-state index in [-0.39, 0.29) is 12.3 Å². The number of carboxylic acid groups (broad SMARTS) is 1. The SMILES string of the molecule is COc1cccc(-c2ccc(CC(=O)N3CCn4nc(CCC(=O)O)cc4C3)cc2)c1. The van der Waals surface area contributed by atoms with Crippen LogP contribution in [0.2, 0.25) is 0 Å². The molecule has 2 heterocycles. The predicted molar refractivity (Wildman–Crippen MR) is 116 cm³/mol. The predicted octanol–water partition coefficient (Wildman–Crippen LogP) is 3.16. The van der Waals surface area contributed by atoms with Crippen molar-refractivity contribution in [3.05, 3.63) is 71.5 Å². The first-order valence-corrected chi connectivity index (χ1v) is 10.3. The average molecular weight is 419 g/mol. The molecule has 7 heteroatoms. The molecule has 1 amide bonds. The number of aromatic nitrogens is 2. The first-order valence-electron chi connectivity index (χ1n) is 10.3. The number of rotatable bonds is 7. The van der Waals surface area contributed by atoms with Crippen molar-refractivity contribution >= 4 is 11.9 Å². The second kappa shape index (κ2) is 9.04. The van der Waals surface area contributed by atoms with Gasteiger partial charge < -0.3 is 14.7 Å². The minimum Gasteiger partial charge on any atom is -0.497 e. The van der Waals surface area contributed by atoms with E-state index in [1.807, 2.05) is 64.2 Å². The van der Waals surface area contributed by atoms with Gasteiger partial charge in [-0.1, -0.05) is 36.4 Å². The Morgan fingerprint density at radius 3 is 2.61 bits per heavy atom. The largest absolute Gasteiger partial charge is 0.497 e. The minimum absolute atomic E-state index is 0.0604. The Hall–Kier alpha value is -3.61. The van der Waals surface area contributed by atoms with Crippen molar-refractivity contribution in [3.63, 3.8) is 0 Å². The van der Waals surface area contributed by atoms with Gasteiger partial charge >= 0.3 is 5.97 Å². The van der Waals surface area contributed by atoms with E-state index >= 15 is 0 Å². The molecule has 2 aromatic carbocycles. The molecule has 1 aliphatic rings. The summed E-state index contributed by atoms with van der Waals surface area (Å²) in [7, 11) is 1.65. The van der Waals surface area contributed by atoms with Crippen molar-refractivity contribution in [1.82, 2.24) is 14.7 Å². The lowest BCUT2D eigenvalue weighted by Crippen LogP contribution is -2.39. The molecule has 0 spiro atoms. The number of carboxylic acids is 1. The van der Waals surface area contributed by atoms with Gasteiger partial charge in [0.2, 0.25) is 5.91 Å². The number of carbonyl (C=O) groups excluding carboxylic acids is 1. The highest BCUT2D eigenvalue weighted by atomic mass is 16.5. The Kier molecular flexibility index (Phi) is 6.02. The lowest BCUT2D eigenvalue weighted by molar-refractivity contribution is -0.137. The van der Waals surface area contributed by atoms with Gasteiger partial charge in [0, 0.05) is 13.0 Å². The van der Waals surface area contributed by atoms with Crippen LogP contribution in [0.5, 0.6) is 5.75 Å². The van der Waals surface area contributed by atoms with E-state index in [4.69, 9.17) is 9.84 Å². The van der Waals surface area contributed by atoms with Crippen molar-refractivity contribution < 1.29 is 19.4 Å². The topological polar surface area (TPSA) is 84.7 Å². The van der Waals surface area contributed by atoms with Gasteiger partial charge in [-0.3, -0.25) is 14.3 Å². The van der Waals surface area contributed by atoms with Crippen molar-refractivity contribution in [2.45, 2.75) is 32.4 Å². The van der Waals surface area contributed by atoms with Gasteiger partial charge in [-0.25, -0.2) is 0 Å². The number of carbonyl (C=O) groups is 2. The zero-order valence-corrected chi connectivity index (χ0v) is 17.5. The molecule has 0 atom stereocenters. The summed E-state index contributed by atoms with van der Waals surface area (Å²) < 4.78 is 7.17. The molecular weight excluding hydrogens is 394 g/mol. The molecule has 0 fully saturated rings. The Balaban J connectivity index is 1.38. The van der Waals surface area contributed by atoms with Gasteiger partial charge in [-0.05, 0) is 34.9 Å². The van der Waals surface area contributed by atoms with Crippen LogP contribution in [0.25, 0.3) is 11.1 Å². The summed E-state index contributed by atoms with van der Waals surface area (Å²) in [5.74, 6) is 0.0566. The van der Waals surface area contributed by atoms with Crippen LogP contribution in [0.15, 0.2) is 54.6 Å². The van der Waals surface area contributed by atoms with Crippen LogP contribution >= 0.6 is 0 Å². The van der Waals surface area contributed by atoms with Crippen LogP contribution in [0.1, 0.15) is 23.4 Å². The third kappa shape index (κ3) is 4.94. The Labute approximate surface area is 180 Å². The number of aliphatic carboxylic acids is 1. The van der Waals surface area contributed by atoms with Crippen molar-refractivity contribution in [2.75, 3.05) is 13.7 Å². The fraction of sp³-hybridized carbons (Fsp3) is 0.292. The van der Waals surface area contributed by atoms with Gasteiger partial charge in [0.25, 0.3) is 0 Å². The van der Waals surface area contributed by atoms with E-state index in [0.717, 1.165) is 33.8 Å². The van der Waals surface area contributed by atoms with Crippen molar-refractivity contribution in [3.8, 4) is 16.9 Å². The van der Waals surface area contributed by atoms with Crippen molar-refractivity contribution in [1.29, 1.82) is 0 Å². The summed E-state index contributed by atoms with van der Waals surface area (Å²) in [5, 5.41) is 13.3. The number of ether oxygens (including phenoxy) is 1. The summed E-state index contributed by atoms with van der Waals surface area (Å²) in [6.45, 7) is 1.73. The molecule has 7 nitrogen and oxygen atoms in total. The number of aryl methyl sites for hydroxylation is 1. The lowest BCUT2D eigenvalue weighted by atomic mass is 10.0. The summed E-state index contributed by atoms with van der Waals surface area (Å²) >= 11 is 0. The maximum Gasteiger partial charge on any atom is 0.303 e. The van der Waals surface area contributed by atoms with Crippen molar-refractivity contribution in [2.24, 2.45) is 0 Å². The number of fused-ring (bicyclic) bond motifs is 1. The maximum absolute atomic E-state index is 12.8. The van der Waals surface area contributed by atoms with Crippen LogP contribution in [0.3, 0.4) is 0 Å². The van der Waals surface area contributed by atoms with Crippen LogP contribution in [-0.4, -0.2) is 45.3 Å². The molecule has 3 aromatic rings. The van der Waals surface area contributed by atoms with Crippen LogP contribution in [0.4, 0.5) is 0 Å². The highest BCUT2D eigenvalue weighted by molar-refractivity contribution is 5.79. The molecule has 1 aliphatic heterocycles. The molecule has 31 heavy (non-hydrogen) atoms. The Morgan fingerprint density at radius 1 is 1.06 bits per heavy atom. The van der Waals surface area contributed by atoms with Gasteiger partial charge in [0.1, 0.15) is 5.75 Å². The van der Waals surface area contributed by atoms with E-state index in [1.165, 1.54) is 0 Å². The quantitative estimate of drug-likeness (QED) is 0.636. The van der Waals surface area contributed by atoms with Crippen LogP contribution in [0, 0.1) is 0 Å². The second-order valence-electron chi connectivity index (χ2n) is 7.66. The molecule has 0 saturated carbocycles. The number of nitrogens with zero attached hydrogens (tertiary/aromatic N) is 3. The second-order valence-corrected chi connectivity index (χ2v) is 7.66. The highest BCUT2D eigenvalue weighted by Crippen LogP contribution is 2.24. The number of benzene rings is 2. The minimum atomic E-state index is -0.833. The summed E-state index contributed by atoms with van der Waals surface area (Å²) in [6.07, 6.45) is 0.812. The standard InChI is InChI=1S/C24H25N3O4/c1-31-22-4-2-3-19(14-22)18-7-5-17(6-8-18)13-23(28)26-11-12-27-21(16-26)15-20(25-27)9-10-24(29)30/h2-8,14-15H,9-13,16H2,1H3,(H,29,30). The first-order chi connectivity index (χ1) is 15.0. The smallest absolute Gasteiger partial charge is 0.303 e. The highest BCUT2D eigenvalue weighted by Gasteiger charge is 2.22. The number of amides is 1. The van der Waals surface area contributed by atoms with E-state index < -0.39 is 5.97 Å². The molecule has 1 N–H and O–H groups in total. The first kappa shape index (κ1) is 20.7. The number of hydrogen-bond donors (Lipinski definition) is 1. The van der Waals surface area contributed by atoms with E-state index in [1.54, 1.807) is 7.11 Å². The maximum atomic E-state index is 12.8. The van der Waals surface area contributed by atoms with Gasteiger partial charge in [-0.15, -0.1) is 0 Å². The molecule has 0 radical (unpaired) electrons. The zero-order chi connectivity index (χ0) is 21.8. The summed E-state index contributed by atoms with van der Waals surface area (Å²) in [6, 6.07) is 17.8. The normalized spacial score (nSPS) is 13.0. The molecular formula is C24H25N3O4. The van der Waals surface area contributed by atoms with Gasteiger partial charge in [-0.2, -0.15) is 5.10 Å². The monoisotopic (exact) mass is 419 g/mol. The Bertz CT molecular complexity index is 1090. The number of hydrogen-bond acceptors (Lipinski definition) is 4. The lowest BCUT2D eigenvalue weighted by Gasteiger charge is -2.27. The molecule has 0 bridgehead atoms. The van der Waals surface area contributed by atoms with Gasteiger partial charge in [0.05, 0.1) is 44.4 Å². The van der Waals surface area contributed by atoms with Crippen LogP contribution in [-0.2, 0) is 35.5 Å². The average Bonchev–Trinajstić information content (AvgIpc) is 3.20. The molecule has 0 aliphatic carbocycles. The fourth-order valence-corrected chi connectivity index (χ4v) is 3.80. The summed E-state index contributed by atoms with van der Waals surface area (Å²) in [5.41, 5.74) is 4.83. The molecule has 1 aromatic heterocycles. The molecule has 160 valence electrons. The van der Waals surface area contributed by atoms with Crippen LogP contribution < -0.4 is 4.74 Å². The van der Waals surface area contributed by atoms with E-state index in [9.17, 15) is 9.59 Å².